The average molecular weight is 321 g/mol. The van der Waals surface area contributed by atoms with Crippen LogP contribution in [0.1, 0.15) is 41.0 Å². The smallest absolute Gasteiger partial charge is 0.252 e. The lowest BCUT2D eigenvalue weighted by Gasteiger charge is -2.18. The maximum atomic E-state index is 12.8. The molecule has 0 fully saturated rings. The highest BCUT2D eigenvalue weighted by Crippen LogP contribution is 2.21. The van der Waals surface area contributed by atoms with Crippen molar-refractivity contribution in [3.63, 3.8) is 0 Å². The Balaban J connectivity index is 1.87. The second-order valence-corrected chi connectivity index (χ2v) is 5.57. The van der Waals surface area contributed by atoms with E-state index in [9.17, 15) is 4.79 Å². The van der Waals surface area contributed by atoms with Crippen molar-refractivity contribution >= 4 is 5.91 Å². The molecule has 0 radical (unpaired) electrons. The van der Waals surface area contributed by atoms with Crippen LogP contribution in [0, 0.1) is 6.92 Å². The first-order chi connectivity index (χ1) is 11.7. The molecule has 24 heavy (non-hydrogen) atoms. The number of hydrogen-bond donors (Lipinski definition) is 2. The molecule has 0 unspecified atom stereocenters. The van der Waals surface area contributed by atoms with Gasteiger partial charge in [-0.3, -0.25) is 14.9 Å². The summed E-state index contributed by atoms with van der Waals surface area (Å²) < 4.78 is 0. The molecule has 0 aliphatic heterocycles. The van der Waals surface area contributed by atoms with Crippen LogP contribution in [0.5, 0.6) is 0 Å². The number of nitrogens with one attached hydrogen (secondary N) is 2. The Morgan fingerprint density at radius 2 is 2.08 bits per heavy atom. The molecular formula is C18H19N5O. The Morgan fingerprint density at radius 3 is 2.79 bits per heavy atom. The minimum atomic E-state index is -0.155. The van der Waals surface area contributed by atoms with E-state index in [0.29, 0.717) is 11.4 Å². The third-order valence-electron chi connectivity index (χ3n) is 3.85. The van der Waals surface area contributed by atoms with Crippen LogP contribution in [0.2, 0.25) is 0 Å². The molecule has 2 aromatic heterocycles. The Bertz CT molecular complexity index is 829. The summed E-state index contributed by atoms with van der Waals surface area (Å²) in [6.45, 7) is 4.04. The predicted octanol–water partition coefficient (Wildman–Crippen LogP) is 3.06. The zero-order valence-electron chi connectivity index (χ0n) is 13.7. The van der Waals surface area contributed by atoms with Crippen molar-refractivity contribution in [1.82, 2.24) is 25.5 Å². The summed E-state index contributed by atoms with van der Waals surface area (Å²) in [6, 6.07) is 11.1. The highest BCUT2D eigenvalue weighted by molar-refractivity contribution is 6.00. The standard InChI is InChI=1S/C18H19N5O/c1-3-15(16-10-12(2)8-9-19-16)22-18(24)14-7-5-4-6-13(14)17-20-11-21-23-17/h4-11,15H,3H2,1-2H3,(H,22,24)(H,20,21,23)/t15-/m0/s1. The fourth-order valence-electron chi connectivity index (χ4n) is 2.59. The SMILES string of the molecule is CC[C@H](NC(=O)c1ccccc1-c1ncn[nH]1)c1cc(C)ccn1. The van der Waals surface area contributed by atoms with Gasteiger partial charge in [0.15, 0.2) is 5.82 Å². The number of aryl methyl sites for hydroxylation is 1. The van der Waals surface area contributed by atoms with Crippen LogP contribution in [0.25, 0.3) is 11.4 Å². The molecule has 122 valence electrons. The highest BCUT2D eigenvalue weighted by Gasteiger charge is 2.19. The molecule has 3 rings (SSSR count). The Labute approximate surface area is 140 Å². The summed E-state index contributed by atoms with van der Waals surface area (Å²) in [5.74, 6) is 0.416. The van der Waals surface area contributed by atoms with Gasteiger partial charge in [-0.05, 0) is 37.1 Å². The predicted molar refractivity (Wildman–Crippen MR) is 91.3 cm³/mol. The molecule has 0 bridgehead atoms. The maximum Gasteiger partial charge on any atom is 0.252 e. The van der Waals surface area contributed by atoms with Crippen LogP contribution < -0.4 is 5.32 Å². The van der Waals surface area contributed by atoms with E-state index < -0.39 is 0 Å². The van der Waals surface area contributed by atoms with Crippen LogP contribution in [0.15, 0.2) is 48.9 Å². The number of aromatic amines is 1. The van der Waals surface area contributed by atoms with E-state index in [2.05, 4.69) is 25.5 Å². The van der Waals surface area contributed by atoms with Gasteiger partial charge >= 0.3 is 0 Å². The monoisotopic (exact) mass is 321 g/mol. The zero-order chi connectivity index (χ0) is 16.9. The molecule has 0 aliphatic rings. The Kier molecular flexibility index (Phi) is 4.65. The van der Waals surface area contributed by atoms with Crippen molar-refractivity contribution in [2.45, 2.75) is 26.3 Å². The number of pyridine rings is 1. The topological polar surface area (TPSA) is 83.6 Å². The van der Waals surface area contributed by atoms with Crippen molar-refractivity contribution in [2.24, 2.45) is 0 Å². The molecule has 1 atom stereocenters. The number of aromatic nitrogens is 4. The fraction of sp³-hybridized carbons (Fsp3) is 0.222. The first kappa shape index (κ1) is 15.9. The summed E-state index contributed by atoms with van der Waals surface area (Å²) in [5, 5.41) is 9.72. The second kappa shape index (κ2) is 7.04. The third-order valence-corrected chi connectivity index (χ3v) is 3.85. The molecule has 1 aromatic carbocycles. The van der Waals surface area contributed by atoms with Gasteiger partial charge in [-0.1, -0.05) is 25.1 Å². The number of carbonyl (C=O) groups is 1. The van der Waals surface area contributed by atoms with Crippen LogP contribution >= 0.6 is 0 Å². The molecule has 0 saturated heterocycles. The van der Waals surface area contributed by atoms with E-state index >= 15 is 0 Å². The lowest BCUT2D eigenvalue weighted by molar-refractivity contribution is 0.0935. The summed E-state index contributed by atoms with van der Waals surface area (Å²) >= 11 is 0. The minimum Gasteiger partial charge on any atom is -0.344 e. The van der Waals surface area contributed by atoms with E-state index in [1.54, 1.807) is 12.3 Å². The van der Waals surface area contributed by atoms with E-state index in [1.807, 2.05) is 44.2 Å². The summed E-state index contributed by atoms with van der Waals surface area (Å²) in [5.41, 5.74) is 3.26. The maximum absolute atomic E-state index is 12.8. The molecule has 6 nitrogen and oxygen atoms in total. The lowest BCUT2D eigenvalue weighted by Crippen LogP contribution is -2.29. The van der Waals surface area contributed by atoms with Crippen molar-refractivity contribution in [2.75, 3.05) is 0 Å². The average Bonchev–Trinajstić information content (AvgIpc) is 3.14. The molecule has 0 saturated carbocycles. The Morgan fingerprint density at radius 1 is 1.25 bits per heavy atom. The van der Waals surface area contributed by atoms with E-state index in [1.165, 1.54) is 6.33 Å². The third kappa shape index (κ3) is 3.32. The summed E-state index contributed by atoms with van der Waals surface area (Å²) in [7, 11) is 0. The van der Waals surface area contributed by atoms with E-state index in [-0.39, 0.29) is 11.9 Å². The van der Waals surface area contributed by atoms with Gasteiger partial charge in [0.1, 0.15) is 6.33 Å². The molecular weight excluding hydrogens is 302 g/mol. The number of H-pyrrole nitrogens is 1. The van der Waals surface area contributed by atoms with Gasteiger partial charge in [0.05, 0.1) is 17.3 Å². The fourth-order valence-corrected chi connectivity index (χ4v) is 2.59. The van der Waals surface area contributed by atoms with Gasteiger partial charge in [-0.25, -0.2) is 4.98 Å². The van der Waals surface area contributed by atoms with Crippen LogP contribution in [-0.4, -0.2) is 26.1 Å². The number of rotatable bonds is 5. The molecule has 2 heterocycles. The van der Waals surface area contributed by atoms with Crippen LogP contribution in [-0.2, 0) is 0 Å². The lowest BCUT2D eigenvalue weighted by atomic mass is 10.0. The van der Waals surface area contributed by atoms with Gasteiger partial charge in [0, 0.05) is 11.8 Å². The first-order valence-corrected chi connectivity index (χ1v) is 7.87. The number of hydrogen-bond acceptors (Lipinski definition) is 4. The normalized spacial score (nSPS) is 11.9. The first-order valence-electron chi connectivity index (χ1n) is 7.87. The van der Waals surface area contributed by atoms with Crippen molar-refractivity contribution in [3.05, 3.63) is 65.7 Å². The van der Waals surface area contributed by atoms with Gasteiger partial charge in [-0.15, -0.1) is 0 Å². The van der Waals surface area contributed by atoms with E-state index in [0.717, 1.165) is 23.2 Å². The quantitative estimate of drug-likeness (QED) is 0.756. The van der Waals surface area contributed by atoms with Crippen molar-refractivity contribution in [1.29, 1.82) is 0 Å². The largest absolute Gasteiger partial charge is 0.344 e. The number of carbonyl (C=O) groups excluding carboxylic acids is 1. The van der Waals surface area contributed by atoms with E-state index in [4.69, 9.17) is 0 Å². The van der Waals surface area contributed by atoms with Crippen LogP contribution in [0.3, 0.4) is 0 Å². The molecule has 0 spiro atoms. The molecule has 0 aliphatic carbocycles. The van der Waals surface area contributed by atoms with Gasteiger partial charge in [0.2, 0.25) is 0 Å². The molecule has 3 aromatic rings. The minimum absolute atomic E-state index is 0.139. The molecule has 6 heteroatoms. The Hall–Kier alpha value is -3.02. The van der Waals surface area contributed by atoms with Crippen molar-refractivity contribution < 1.29 is 4.79 Å². The van der Waals surface area contributed by atoms with Gasteiger partial charge in [-0.2, -0.15) is 5.10 Å². The number of benzene rings is 1. The number of amides is 1. The molecule has 2 N–H and O–H groups in total. The summed E-state index contributed by atoms with van der Waals surface area (Å²) in [6.07, 6.45) is 3.95. The molecule has 1 amide bonds. The van der Waals surface area contributed by atoms with Gasteiger partial charge in [0.25, 0.3) is 5.91 Å². The van der Waals surface area contributed by atoms with Crippen LogP contribution in [0.4, 0.5) is 0 Å². The summed E-state index contributed by atoms with van der Waals surface area (Å²) in [4.78, 5) is 21.3. The number of nitrogens with zero attached hydrogens (tertiary/aromatic N) is 3. The zero-order valence-corrected chi connectivity index (χ0v) is 13.7. The highest BCUT2D eigenvalue weighted by atomic mass is 16.1. The second-order valence-electron chi connectivity index (χ2n) is 5.57. The van der Waals surface area contributed by atoms with Gasteiger partial charge < -0.3 is 5.32 Å². The van der Waals surface area contributed by atoms with Crippen molar-refractivity contribution in [3.8, 4) is 11.4 Å².